The molecule has 1 saturated heterocycles. The van der Waals surface area contributed by atoms with Crippen LogP contribution in [0.2, 0.25) is 0 Å². The maximum atomic E-state index is 12.5. The molecule has 0 bridgehead atoms. The summed E-state index contributed by atoms with van der Waals surface area (Å²) < 4.78 is 10.4. The van der Waals surface area contributed by atoms with Gasteiger partial charge in [-0.2, -0.15) is 0 Å². The molecule has 1 heterocycles. The van der Waals surface area contributed by atoms with Crippen molar-refractivity contribution in [2.24, 2.45) is 5.73 Å². The number of anilines is 1. The zero-order chi connectivity index (χ0) is 13.9. The monoisotopic (exact) mass is 264 g/mol. The maximum absolute atomic E-state index is 12.5. The Bertz CT molecular complexity index is 456. The van der Waals surface area contributed by atoms with Crippen molar-refractivity contribution in [2.75, 3.05) is 32.3 Å². The predicted octanol–water partition coefficient (Wildman–Crippen LogP) is 1.17. The highest BCUT2D eigenvalue weighted by Crippen LogP contribution is 2.25. The Morgan fingerprint density at radius 3 is 2.74 bits per heavy atom. The van der Waals surface area contributed by atoms with E-state index in [2.05, 4.69) is 0 Å². The molecular weight excluding hydrogens is 244 g/mol. The number of hydrogen-bond acceptors (Lipinski definition) is 4. The van der Waals surface area contributed by atoms with Crippen LogP contribution in [0.25, 0.3) is 0 Å². The van der Waals surface area contributed by atoms with Gasteiger partial charge in [-0.25, -0.2) is 0 Å². The van der Waals surface area contributed by atoms with Crippen LogP contribution in [0, 0.1) is 0 Å². The summed E-state index contributed by atoms with van der Waals surface area (Å²) in [6, 6.07) is 7.38. The Morgan fingerprint density at radius 1 is 1.42 bits per heavy atom. The standard InChI is InChI=1S/C14H20N2O3/c1-16(11-4-3-5-12(10-11)18-2)13(17)14(15)6-8-19-9-7-14/h3-5,10H,6-9,15H2,1-2H3. The molecular formula is C14H20N2O3. The minimum Gasteiger partial charge on any atom is -0.497 e. The summed E-state index contributed by atoms with van der Waals surface area (Å²) >= 11 is 0. The number of likely N-dealkylation sites (N-methyl/N-ethyl adjacent to an activating group) is 1. The zero-order valence-corrected chi connectivity index (χ0v) is 11.4. The molecule has 0 aliphatic carbocycles. The molecule has 19 heavy (non-hydrogen) atoms. The average molecular weight is 264 g/mol. The van der Waals surface area contributed by atoms with Crippen molar-refractivity contribution in [1.29, 1.82) is 0 Å². The first-order valence-corrected chi connectivity index (χ1v) is 6.36. The van der Waals surface area contributed by atoms with Crippen LogP contribution in [0.3, 0.4) is 0 Å². The van der Waals surface area contributed by atoms with Gasteiger partial charge in [0.05, 0.1) is 7.11 Å². The molecule has 5 heteroatoms. The number of carbonyl (C=O) groups is 1. The van der Waals surface area contributed by atoms with E-state index in [0.29, 0.717) is 26.1 Å². The molecule has 104 valence electrons. The van der Waals surface area contributed by atoms with E-state index in [1.807, 2.05) is 24.3 Å². The van der Waals surface area contributed by atoms with E-state index in [9.17, 15) is 4.79 Å². The fourth-order valence-electron chi connectivity index (χ4n) is 2.22. The Labute approximate surface area is 113 Å². The van der Waals surface area contributed by atoms with E-state index in [1.54, 1.807) is 19.1 Å². The van der Waals surface area contributed by atoms with E-state index in [0.717, 1.165) is 11.4 Å². The van der Waals surface area contributed by atoms with Crippen LogP contribution >= 0.6 is 0 Å². The number of carbonyl (C=O) groups excluding carboxylic acids is 1. The van der Waals surface area contributed by atoms with Crippen molar-refractivity contribution in [2.45, 2.75) is 18.4 Å². The quantitative estimate of drug-likeness (QED) is 0.890. The summed E-state index contributed by atoms with van der Waals surface area (Å²) in [5.74, 6) is 0.638. The Balaban J connectivity index is 2.17. The molecule has 5 nitrogen and oxygen atoms in total. The van der Waals surface area contributed by atoms with E-state index < -0.39 is 5.54 Å². The van der Waals surface area contributed by atoms with Crippen molar-refractivity contribution < 1.29 is 14.3 Å². The lowest BCUT2D eigenvalue weighted by Crippen LogP contribution is -2.57. The molecule has 0 saturated carbocycles. The second-order valence-corrected chi connectivity index (χ2v) is 4.83. The van der Waals surface area contributed by atoms with Gasteiger partial charge in [0.15, 0.2) is 0 Å². The summed E-state index contributed by atoms with van der Waals surface area (Å²) in [6.07, 6.45) is 1.11. The highest BCUT2D eigenvalue weighted by Gasteiger charge is 2.38. The third-order valence-corrected chi connectivity index (χ3v) is 3.56. The van der Waals surface area contributed by atoms with Gasteiger partial charge in [0.25, 0.3) is 0 Å². The van der Waals surface area contributed by atoms with E-state index in [4.69, 9.17) is 15.2 Å². The minimum absolute atomic E-state index is 0.0796. The number of nitrogens with two attached hydrogens (primary N) is 1. The number of benzene rings is 1. The zero-order valence-electron chi connectivity index (χ0n) is 11.4. The molecule has 1 aromatic carbocycles. The molecule has 2 rings (SSSR count). The summed E-state index contributed by atoms with van der Waals surface area (Å²) in [7, 11) is 3.34. The van der Waals surface area contributed by atoms with Gasteiger partial charge in [0.2, 0.25) is 5.91 Å². The Morgan fingerprint density at radius 2 is 2.11 bits per heavy atom. The number of amides is 1. The van der Waals surface area contributed by atoms with Crippen molar-refractivity contribution >= 4 is 11.6 Å². The highest BCUT2D eigenvalue weighted by molar-refractivity contribution is 5.99. The molecule has 0 radical (unpaired) electrons. The molecule has 1 aromatic rings. The van der Waals surface area contributed by atoms with Crippen LogP contribution in [0.5, 0.6) is 5.75 Å². The number of hydrogen-bond donors (Lipinski definition) is 1. The largest absolute Gasteiger partial charge is 0.497 e. The summed E-state index contributed by atoms with van der Waals surface area (Å²) in [6.45, 7) is 1.07. The van der Waals surface area contributed by atoms with Crippen LogP contribution in [-0.2, 0) is 9.53 Å². The molecule has 1 amide bonds. The number of nitrogens with zero attached hydrogens (tertiary/aromatic N) is 1. The summed E-state index contributed by atoms with van der Waals surface area (Å²) in [4.78, 5) is 14.1. The maximum Gasteiger partial charge on any atom is 0.246 e. The molecule has 2 N–H and O–H groups in total. The Kier molecular flexibility index (Phi) is 4.07. The van der Waals surface area contributed by atoms with Gasteiger partial charge in [-0.15, -0.1) is 0 Å². The first-order valence-electron chi connectivity index (χ1n) is 6.36. The third-order valence-electron chi connectivity index (χ3n) is 3.56. The van der Waals surface area contributed by atoms with E-state index in [1.165, 1.54) is 0 Å². The van der Waals surface area contributed by atoms with Gasteiger partial charge in [-0.05, 0) is 25.0 Å². The fourth-order valence-corrected chi connectivity index (χ4v) is 2.22. The summed E-state index contributed by atoms with van der Waals surface area (Å²) in [5.41, 5.74) is 6.16. The smallest absolute Gasteiger partial charge is 0.246 e. The Hall–Kier alpha value is -1.59. The molecule has 1 fully saturated rings. The topological polar surface area (TPSA) is 64.8 Å². The van der Waals surface area contributed by atoms with Gasteiger partial charge < -0.3 is 20.1 Å². The molecule has 0 spiro atoms. The lowest BCUT2D eigenvalue weighted by atomic mass is 9.89. The molecule has 1 aliphatic rings. The lowest BCUT2D eigenvalue weighted by Gasteiger charge is -2.35. The van der Waals surface area contributed by atoms with Gasteiger partial charge in [-0.1, -0.05) is 6.07 Å². The molecule has 0 aromatic heterocycles. The van der Waals surface area contributed by atoms with Crippen LogP contribution in [0.1, 0.15) is 12.8 Å². The first kappa shape index (κ1) is 13.8. The van der Waals surface area contributed by atoms with Crippen molar-refractivity contribution in [3.05, 3.63) is 24.3 Å². The number of methoxy groups -OCH3 is 1. The normalized spacial score (nSPS) is 17.8. The van der Waals surface area contributed by atoms with Crippen molar-refractivity contribution in [3.8, 4) is 5.75 Å². The average Bonchev–Trinajstić information content (AvgIpc) is 2.46. The number of ether oxygens (including phenoxy) is 2. The summed E-state index contributed by atoms with van der Waals surface area (Å²) in [5, 5.41) is 0. The molecule has 0 atom stereocenters. The molecule has 1 aliphatic heterocycles. The van der Waals surface area contributed by atoms with Crippen LogP contribution < -0.4 is 15.4 Å². The van der Waals surface area contributed by atoms with Gasteiger partial charge in [0, 0.05) is 32.0 Å². The van der Waals surface area contributed by atoms with Crippen LogP contribution in [0.15, 0.2) is 24.3 Å². The lowest BCUT2D eigenvalue weighted by molar-refractivity contribution is -0.126. The molecule has 0 unspecified atom stereocenters. The van der Waals surface area contributed by atoms with Gasteiger partial charge in [-0.3, -0.25) is 4.79 Å². The van der Waals surface area contributed by atoms with Gasteiger partial charge >= 0.3 is 0 Å². The fraction of sp³-hybridized carbons (Fsp3) is 0.500. The SMILES string of the molecule is COc1cccc(N(C)C(=O)C2(N)CCOCC2)c1. The minimum atomic E-state index is -0.823. The highest BCUT2D eigenvalue weighted by atomic mass is 16.5. The van der Waals surface area contributed by atoms with Crippen LogP contribution in [0.4, 0.5) is 5.69 Å². The number of rotatable bonds is 3. The second-order valence-electron chi connectivity index (χ2n) is 4.83. The van der Waals surface area contributed by atoms with Crippen molar-refractivity contribution in [3.63, 3.8) is 0 Å². The van der Waals surface area contributed by atoms with Crippen LogP contribution in [-0.4, -0.2) is 38.8 Å². The second kappa shape index (κ2) is 5.59. The van der Waals surface area contributed by atoms with E-state index in [-0.39, 0.29) is 5.91 Å². The van der Waals surface area contributed by atoms with Crippen molar-refractivity contribution in [1.82, 2.24) is 0 Å². The van der Waals surface area contributed by atoms with E-state index >= 15 is 0 Å². The third kappa shape index (κ3) is 2.88. The van der Waals surface area contributed by atoms with Gasteiger partial charge in [0.1, 0.15) is 11.3 Å². The first-order chi connectivity index (χ1) is 9.07. The predicted molar refractivity (Wildman–Crippen MR) is 73.4 cm³/mol.